The lowest BCUT2D eigenvalue weighted by Gasteiger charge is -2.39. The summed E-state index contributed by atoms with van der Waals surface area (Å²) in [6, 6.07) is 0.405. The molecule has 2 fully saturated rings. The third-order valence-corrected chi connectivity index (χ3v) is 2.42. The predicted molar refractivity (Wildman–Crippen MR) is 40.2 cm³/mol. The highest BCUT2D eigenvalue weighted by Gasteiger charge is 2.30. The van der Waals surface area contributed by atoms with Crippen molar-refractivity contribution in [3.63, 3.8) is 0 Å². The summed E-state index contributed by atoms with van der Waals surface area (Å²) in [5.41, 5.74) is 0. The number of nitrogens with zero attached hydrogens (tertiary/aromatic N) is 1. The van der Waals surface area contributed by atoms with E-state index in [-0.39, 0.29) is 0 Å². The van der Waals surface area contributed by atoms with Gasteiger partial charge in [0.25, 0.3) is 0 Å². The molecule has 0 aromatic heterocycles. The molecule has 0 aliphatic carbocycles. The maximum Gasteiger partial charge on any atom is 0.222 e. The second-order valence-electron chi connectivity index (χ2n) is 3.24. The second-order valence-corrected chi connectivity index (χ2v) is 3.24. The van der Waals surface area contributed by atoms with Crippen LogP contribution in [-0.2, 0) is 9.53 Å². The average Bonchev–Trinajstić information content (AvgIpc) is 1.90. The molecular formula is C8H13NO2. The van der Waals surface area contributed by atoms with Crippen molar-refractivity contribution < 1.29 is 9.53 Å². The van der Waals surface area contributed by atoms with Gasteiger partial charge >= 0.3 is 0 Å². The first-order valence-corrected chi connectivity index (χ1v) is 4.25. The van der Waals surface area contributed by atoms with Crippen LogP contribution in [0.15, 0.2) is 0 Å². The van der Waals surface area contributed by atoms with Crippen molar-refractivity contribution in [3.8, 4) is 0 Å². The summed E-state index contributed by atoms with van der Waals surface area (Å²) in [6.07, 6.45) is 2.99. The maximum atomic E-state index is 11.3. The summed E-state index contributed by atoms with van der Waals surface area (Å²) in [5.74, 6) is 0.324. The molecule has 62 valence electrons. The Morgan fingerprint density at radius 1 is 1.36 bits per heavy atom. The van der Waals surface area contributed by atoms with Crippen molar-refractivity contribution in [1.82, 2.24) is 4.90 Å². The Hall–Kier alpha value is -0.570. The van der Waals surface area contributed by atoms with Gasteiger partial charge in [-0.15, -0.1) is 0 Å². The number of likely N-dealkylation sites (tertiary alicyclic amines) is 1. The summed E-state index contributed by atoms with van der Waals surface area (Å²) >= 11 is 0. The van der Waals surface area contributed by atoms with Crippen LogP contribution in [0.25, 0.3) is 0 Å². The molecule has 11 heavy (non-hydrogen) atoms. The third kappa shape index (κ3) is 1.25. The minimum absolute atomic E-state index is 0.324. The van der Waals surface area contributed by atoms with E-state index in [9.17, 15) is 4.79 Å². The van der Waals surface area contributed by atoms with E-state index in [2.05, 4.69) is 0 Å². The first-order valence-electron chi connectivity index (χ1n) is 4.25. The van der Waals surface area contributed by atoms with Gasteiger partial charge in [0.1, 0.15) is 0 Å². The molecule has 2 heterocycles. The second kappa shape index (κ2) is 2.81. The van der Waals surface area contributed by atoms with Crippen molar-refractivity contribution in [2.24, 2.45) is 0 Å². The summed E-state index contributed by atoms with van der Waals surface area (Å²) in [6.45, 7) is 2.46. The van der Waals surface area contributed by atoms with Crippen molar-refractivity contribution in [2.75, 3.05) is 19.8 Å². The van der Waals surface area contributed by atoms with E-state index in [0.29, 0.717) is 11.9 Å². The van der Waals surface area contributed by atoms with Crippen LogP contribution in [0.5, 0.6) is 0 Å². The summed E-state index contributed by atoms with van der Waals surface area (Å²) < 4.78 is 5.04. The van der Waals surface area contributed by atoms with Gasteiger partial charge in [0.15, 0.2) is 0 Å². The normalized spacial score (nSPS) is 26.9. The zero-order chi connectivity index (χ0) is 7.68. The van der Waals surface area contributed by atoms with Crippen LogP contribution in [0, 0.1) is 0 Å². The third-order valence-electron chi connectivity index (χ3n) is 2.42. The quantitative estimate of drug-likeness (QED) is 0.548. The van der Waals surface area contributed by atoms with Gasteiger partial charge in [0, 0.05) is 13.0 Å². The molecular weight excluding hydrogens is 142 g/mol. The van der Waals surface area contributed by atoms with Crippen molar-refractivity contribution in [3.05, 3.63) is 0 Å². The molecule has 3 nitrogen and oxygen atoms in total. The van der Waals surface area contributed by atoms with Gasteiger partial charge in [0.05, 0.1) is 19.3 Å². The largest absolute Gasteiger partial charge is 0.377 e. The molecule has 2 aliphatic heterocycles. The molecule has 0 bridgehead atoms. The fourth-order valence-electron chi connectivity index (χ4n) is 1.62. The van der Waals surface area contributed by atoms with E-state index in [1.807, 2.05) is 4.90 Å². The van der Waals surface area contributed by atoms with Gasteiger partial charge in [-0.3, -0.25) is 4.79 Å². The number of piperidine rings is 1. The minimum Gasteiger partial charge on any atom is -0.377 e. The topological polar surface area (TPSA) is 29.5 Å². The molecule has 2 saturated heterocycles. The van der Waals surface area contributed by atoms with Crippen molar-refractivity contribution >= 4 is 5.91 Å². The molecule has 0 N–H and O–H groups in total. The number of carbonyl (C=O) groups is 1. The van der Waals surface area contributed by atoms with Crippen molar-refractivity contribution in [2.45, 2.75) is 25.3 Å². The Morgan fingerprint density at radius 2 is 2.18 bits per heavy atom. The van der Waals surface area contributed by atoms with Crippen molar-refractivity contribution in [1.29, 1.82) is 0 Å². The summed E-state index contributed by atoms with van der Waals surface area (Å²) in [7, 11) is 0. The number of rotatable bonds is 1. The molecule has 0 atom stereocenters. The molecule has 1 amide bonds. The van der Waals surface area contributed by atoms with E-state index in [4.69, 9.17) is 4.74 Å². The van der Waals surface area contributed by atoms with Gasteiger partial charge in [-0.2, -0.15) is 0 Å². The molecule has 0 aromatic carbocycles. The number of hydrogen-bond donors (Lipinski definition) is 0. The molecule has 2 aliphatic rings. The standard InChI is InChI=1S/C8H13NO2/c10-8-3-1-2-4-9(8)7-5-11-6-7/h7H,1-6H2. The predicted octanol–water partition coefficient (Wildman–Crippen LogP) is 0.398. The van der Waals surface area contributed by atoms with Crippen LogP contribution in [0.1, 0.15) is 19.3 Å². The van der Waals surface area contributed by atoms with E-state index in [1.54, 1.807) is 0 Å². The Balaban J connectivity index is 1.93. The van der Waals surface area contributed by atoms with E-state index >= 15 is 0 Å². The Bertz CT molecular complexity index is 165. The van der Waals surface area contributed by atoms with Crippen LogP contribution >= 0.6 is 0 Å². The van der Waals surface area contributed by atoms with Crippen LogP contribution < -0.4 is 0 Å². The van der Waals surface area contributed by atoms with Gasteiger partial charge in [-0.05, 0) is 12.8 Å². The molecule has 2 rings (SSSR count). The van der Waals surface area contributed by atoms with Crippen LogP contribution in [0.4, 0.5) is 0 Å². The van der Waals surface area contributed by atoms with Crippen LogP contribution in [0.3, 0.4) is 0 Å². The lowest BCUT2D eigenvalue weighted by Crippen LogP contribution is -2.53. The molecule has 0 unspecified atom stereocenters. The minimum atomic E-state index is 0.324. The highest BCUT2D eigenvalue weighted by molar-refractivity contribution is 5.77. The van der Waals surface area contributed by atoms with Gasteiger partial charge in [0.2, 0.25) is 5.91 Å². The Morgan fingerprint density at radius 3 is 2.73 bits per heavy atom. The van der Waals surface area contributed by atoms with Gasteiger partial charge in [-0.25, -0.2) is 0 Å². The highest BCUT2D eigenvalue weighted by atomic mass is 16.5. The number of hydrogen-bond acceptors (Lipinski definition) is 2. The molecule has 0 spiro atoms. The van der Waals surface area contributed by atoms with Gasteiger partial charge < -0.3 is 9.64 Å². The monoisotopic (exact) mass is 155 g/mol. The number of amides is 1. The molecule has 0 radical (unpaired) electrons. The van der Waals surface area contributed by atoms with Crippen LogP contribution in [0.2, 0.25) is 0 Å². The summed E-state index contributed by atoms with van der Waals surface area (Å²) in [4.78, 5) is 13.3. The first kappa shape index (κ1) is 7.10. The maximum absolute atomic E-state index is 11.3. The lowest BCUT2D eigenvalue weighted by molar-refractivity contribution is -0.147. The fourth-order valence-corrected chi connectivity index (χ4v) is 1.62. The smallest absolute Gasteiger partial charge is 0.222 e. The Labute approximate surface area is 66.3 Å². The summed E-state index contributed by atoms with van der Waals surface area (Å²) in [5, 5.41) is 0. The molecule has 0 aromatic rings. The first-order chi connectivity index (χ1) is 5.38. The lowest BCUT2D eigenvalue weighted by atomic mass is 10.1. The van der Waals surface area contributed by atoms with E-state index < -0.39 is 0 Å². The zero-order valence-electron chi connectivity index (χ0n) is 6.58. The average molecular weight is 155 g/mol. The molecule has 0 saturated carbocycles. The Kier molecular flexibility index (Phi) is 1.82. The van der Waals surface area contributed by atoms with E-state index in [1.165, 1.54) is 6.42 Å². The SMILES string of the molecule is O=C1CCCCN1C1COC1. The number of carbonyl (C=O) groups excluding carboxylic acids is 1. The van der Waals surface area contributed by atoms with Gasteiger partial charge in [-0.1, -0.05) is 0 Å². The van der Waals surface area contributed by atoms with Crippen LogP contribution in [-0.4, -0.2) is 36.6 Å². The fraction of sp³-hybridized carbons (Fsp3) is 0.875. The highest BCUT2D eigenvalue weighted by Crippen LogP contribution is 2.17. The number of ether oxygens (including phenoxy) is 1. The molecule has 3 heteroatoms. The zero-order valence-corrected chi connectivity index (χ0v) is 6.58. The van der Waals surface area contributed by atoms with E-state index in [0.717, 1.165) is 32.6 Å².